The maximum atomic E-state index is 14.6. The molecular weight excluding hydrogens is 351 g/mol. The van der Waals surface area contributed by atoms with Gasteiger partial charge in [0.05, 0.1) is 10.9 Å². The topological polar surface area (TPSA) is 53.7 Å². The van der Waals surface area contributed by atoms with Gasteiger partial charge in [0.1, 0.15) is 5.82 Å². The molecule has 26 heavy (non-hydrogen) atoms. The molecule has 1 aliphatic heterocycles. The Hall–Kier alpha value is -1.99. The van der Waals surface area contributed by atoms with Crippen LogP contribution < -0.4 is 0 Å². The molecule has 0 bridgehead atoms. The molecule has 7 heteroatoms. The number of thiazole rings is 1. The zero-order chi connectivity index (χ0) is 18.3. The standard InChI is InChI=1S/C19H23FN4OS/c1-3-15-21-19-24(22-15)18(25)17(26-19)16(13-6-4-5-7-14(13)20)23-10-8-12(2)9-11-23/h4-7,12,16,25H,3,8-11H2,1-2H3. The van der Waals surface area contributed by atoms with Gasteiger partial charge < -0.3 is 5.11 Å². The Morgan fingerprint density at radius 2 is 2.04 bits per heavy atom. The predicted molar refractivity (Wildman–Crippen MR) is 100 cm³/mol. The van der Waals surface area contributed by atoms with Crippen molar-refractivity contribution in [2.75, 3.05) is 13.1 Å². The second kappa shape index (κ2) is 6.96. The third-order valence-corrected chi connectivity index (χ3v) is 6.26. The lowest BCUT2D eigenvalue weighted by Crippen LogP contribution is -2.36. The molecule has 1 N–H and O–H groups in total. The van der Waals surface area contributed by atoms with E-state index < -0.39 is 0 Å². The van der Waals surface area contributed by atoms with Crippen LogP contribution in [0.3, 0.4) is 0 Å². The smallest absolute Gasteiger partial charge is 0.230 e. The summed E-state index contributed by atoms with van der Waals surface area (Å²) < 4.78 is 16.1. The minimum absolute atomic E-state index is 0.0732. The summed E-state index contributed by atoms with van der Waals surface area (Å²) >= 11 is 1.40. The molecule has 0 radical (unpaired) electrons. The molecule has 4 rings (SSSR count). The molecule has 1 fully saturated rings. The molecule has 0 aliphatic carbocycles. The number of piperidine rings is 1. The van der Waals surface area contributed by atoms with Crippen LogP contribution in [-0.2, 0) is 6.42 Å². The first-order valence-corrected chi connectivity index (χ1v) is 9.96. The molecule has 1 aliphatic rings. The van der Waals surface area contributed by atoms with Gasteiger partial charge in [-0.25, -0.2) is 9.37 Å². The molecule has 1 saturated heterocycles. The lowest BCUT2D eigenvalue weighted by Gasteiger charge is -2.36. The molecule has 0 amide bonds. The highest BCUT2D eigenvalue weighted by molar-refractivity contribution is 7.17. The molecule has 3 aromatic rings. The molecule has 1 aromatic carbocycles. The minimum Gasteiger partial charge on any atom is -0.492 e. The van der Waals surface area contributed by atoms with E-state index in [1.54, 1.807) is 6.07 Å². The van der Waals surface area contributed by atoms with E-state index in [0.29, 0.717) is 33.6 Å². The monoisotopic (exact) mass is 374 g/mol. The molecule has 2 aromatic heterocycles. The summed E-state index contributed by atoms with van der Waals surface area (Å²) in [4.78, 5) is 8.10. The summed E-state index contributed by atoms with van der Waals surface area (Å²) in [5.74, 6) is 1.20. The number of nitrogens with zero attached hydrogens (tertiary/aromatic N) is 4. The van der Waals surface area contributed by atoms with Crippen LogP contribution in [0.25, 0.3) is 4.96 Å². The first-order valence-electron chi connectivity index (χ1n) is 9.14. The fourth-order valence-electron chi connectivity index (χ4n) is 3.61. The molecule has 1 unspecified atom stereocenters. The lowest BCUT2D eigenvalue weighted by molar-refractivity contribution is 0.155. The van der Waals surface area contributed by atoms with E-state index in [2.05, 4.69) is 21.9 Å². The van der Waals surface area contributed by atoms with E-state index in [-0.39, 0.29) is 17.7 Å². The van der Waals surface area contributed by atoms with Crippen LogP contribution in [0.4, 0.5) is 4.39 Å². The highest BCUT2D eigenvalue weighted by Gasteiger charge is 2.32. The maximum Gasteiger partial charge on any atom is 0.230 e. The van der Waals surface area contributed by atoms with Gasteiger partial charge in [0.15, 0.2) is 5.82 Å². The second-order valence-electron chi connectivity index (χ2n) is 7.01. The van der Waals surface area contributed by atoms with E-state index in [9.17, 15) is 9.50 Å². The number of benzene rings is 1. The van der Waals surface area contributed by atoms with Crippen LogP contribution in [0.15, 0.2) is 24.3 Å². The molecule has 3 heterocycles. The van der Waals surface area contributed by atoms with Crippen molar-refractivity contribution in [3.05, 3.63) is 46.3 Å². The van der Waals surface area contributed by atoms with Crippen molar-refractivity contribution < 1.29 is 9.50 Å². The third-order valence-electron chi connectivity index (χ3n) is 5.19. The van der Waals surface area contributed by atoms with E-state index in [1.807, 2.05) is 19.1 Å². The van der Waals surface area contributed by atoms with E-state index in [1.165, 1.54) is 21.9 Å². The average Bonchev–Trinajstić information content (AvgIpc) is 3.18. The zero-order valence-electron chi connectivity index (χ0n) is 15.0. The van der Waals surface area contributed by atoms with Gasteiger partial charge in [-0.15, -0.1) is 5.10 Å². The minimum atomic E-state index is -0.317. The Morgan fingerprint density at radius 1 is 1.31 bits per heavy atom. The summed E-state index contributed by atoms with van der Waals surface area (Å²) in [6, 6.07) is 6.52. The number of halogens is 1. The van der Waals surface area contributed by atoms with Crippen molar-refractivity contribution in [2.24, 2.45) is 5.92 Å². The highest BCUT2D eigenvalue weighted by Crippen LogP contribution is 2.41. The summed E-state index contributed by atoms with van der Waals surface area (Å²) in [5.41, 5.74) is 0.595. The molecule has 5 nitrogen and oxygen atoms in total. The quantitative estimate of drug-likeness (QED) is 0.749. The predicted octanol–water partition coefficient (Wildman–Crippen LogP) is 4.02. The van der Waals surface area contributed by atoms with Gasteiger partial charge in [-0.3, -0.25) is 4.90 Å². The van der Waals surface area contributed by atoms with Gasteiger partial charge in [-0.05, 0) is 37.9 Å². The van der Waals surface area contributed by atoms with Gasteiger partial charge in [0, 0.05) is 12.0 Å². The van der Waals surface area contributed by atoms with Crippen molar-refractivity contribution in [3.63, 3.8) is 0 Å². The van der Waals surface area contributed by atoms with Crippen molar-refractivity contribution in [2.45, 2.75) is 39.2 Å². The Balaban J connectivity index is 1.81. The van der Waals surface area contributed by atoms with Crippen molar-refractivity contribution >= 4 is 16.3 Å². The highest BCUT2D eigenvalue weighted by atomic mass is 32.1. The van der Waals surface area contributed by atoms with Gasteiger partial charge >= 0.3 is 0 Å². The molecule has 0 spiro atoms. The number of aromatic hydroxyl groups is 1. The van der Waals surface area contributed by atoms with E-state index in [0.717, 1.165) is 25.9 Å². The number of likely N-dealkylation sites (tertiary alicyclic amines) is 1. The number of aryl methyl sites for hydroxylation is 1. The number of hydrogen-bond acceptors (Lipinski definition) is 5. The number of fused-ring (bicyclic) bond motifs is 1. The number of aromatic nitrogens is 3. The Morgan fingerprint density at radius 3 is 2.69 bits per heavy atom. The fourth-order valence-corrected chi connectivity index (χ4v) is 4.73. The second-order valence-corrected chi connectivity index (χ2v) is 8.02. The summed E-state index contributed by atoms with van der Waals surface area (Å²) in [6.07, 6.45) is 2.86. The van der Waals surface area contributed by atoms with Crippen molar-refractivity contribution in [1.29, 1.82) is 0 Å². The first-order chi connectivity index (χ1) is 12.6. The van der Waals surface area contributed by atoms with Crippen LogP contribution in [-0.4, -0.2) is 37.7 Å². The van der Waals surface area contributed by atoms with Crippen LogP contribution >= 0.6 is 11.3 Å². The third kappa shape index (κ3) is 2.99. The first kappa shape index (κ1) is 17.4. The van der Waals surface area contributed by atoms with Crippen LogP contribution in [0.2, 0.25) is 0 Å². The normalized spacial score (nSPS) is 17.8. The van der Waals surface area contributed by atoms with Crippen molar-refractivity contribution in [3.8, 4) is 5.88 Å². The summed E-state index contributed by atoms with van der Waals surface area (Å²) in [7, 11) is 0. The van der Waals surface area contributed by atoms with Gasteiger partial charge in [0.25, 0.3) is 0 Å². The van der Waals surface area contributed by atoms with Crippen molar-refractivity contribution in [1.82, 2.24) is 19.5 Å². The van der Waals surface area contributed by atoms with Crippen LogP contribution in [0.5, 0.6) is 5.88 Å². The SMILES string of the molecule is CCc1nc2sc(C(c3ccccc3F)N3CCC(C)CC3)c(O)n2n1. The largest absolute Gasteiger partial charge is 0.492 e. The lowest BCUT2D eigenvalue weighted by atomic mass is 9.95. The summed E-state index contributed by atoms with van der Waals surface area (Å²) in [6.45, 7) is 6.00. The van der Waals surface area contributed by atoms with Crippen LogP contribution in [0.1, 0.15) is 49.0 Å². The van der Waals surface area contributed by atoms with Gasteiger partial charge in [-0.1, -0.05) is 43.4 Å². The molecular formula is C19H23FN4OS. The van der Waals surface area contributed by atoms with Crippen LogP contribution in [0, 0.1) is 11.7 Å². The van der Waals surface area contributed by atoms with E-state index >= 15 is 0 Å². The maximum absolute atomic E-state index is 14.6. The Labute approximate surface area is 156 Å². The molecule has 0 saturated carbocycles. The Kier molecular flexibility index (Phi) is 4.67. The number of rotatable bonds is 4. The summed E-state index contributed by atoms with van der Waals surface area (Å²) in [5, 5.41) is 15.2. The molecule has 1 atom stereocenters. The fraction of sp³-hybridized carbons (Fsp3) is 0.474. The van der Waals surface area contributed by atoms with E-state index in [4.69, 9.17) is 0 Å². The van der Waals surface area contributed by atoms with Gasteiger partial charge in [0.2, 0.25) is 10.8 Å². The average molecular weight is 374 g/mol. The zero-order valence-corrected chi connectivity index (χ0v) is 15.8. The Bertz CT molecular complexity index is 914. The van der Waals surface area contributed by atoms with Gasteiger partial charge in [-0.2, -0.15) is 4.52 Å². The molecule has 138 valence electrons. The number of hydrogen-bond donors (Lipinski definition) is 1.